The Morgan fingerprint density at radius 2 is 2.16 bits per heavy atom. The SMILES string of the molecule is CCCOc1cccc(C(=O)NCC(C)(C)CN)c1. The topological polar surface area (TPSA) is 64.3 Å². The molecular formula is C15H24N2O2. The van der Waals surface area contributed by atoms with Crippen LogP contribution in [0.1, 0.15) is 37.6 Å². The Labute approximate surface area is 115 Å². The molecule has 1 aromatic carbocycles. The fourth-order valence-corrected chi connectivity index (χ4v) is 1.44. The van der Waals surface area contributed by atoms with E-state index in [0.717, 1.165) is 12.2 Å². The van der Waals surface area contributed by atoms with Crippen LogP contribution in [0.15, 0.2) is 24.3 Å². The van der Waals surface area contributed by atoms with Gasteiger partial charge in [-0.15, -0.1) is 0 Å². The summed E-state index contributed by atoms with van der Waals surface area (Å²) in [5.74, 6) is 0.635. The molecule has 0 saturated heterocycles. The van der Waals surface area contributed by atoms with Gasteiger partial charge >= 0.3 is 0 Å². The lowest BCUT2D eigenvalue weighted by Gasteiger charge is -2.22. The van der Waals surface area contributed by atoms with Crippen LogP contribution in [0.5, 0.6) is 5.75 Å². The fraction of sp³-hybridized carbons (Fsp3) is 0.533. The normalized spacial score (nSPS) is 11.2. The van der Waals surface area contributed by atoms with Crippen molar-refractivity contribution in [2.45, 2.75) is 27.2 Å². The zero-order chi connectivity index (χ0) is 14.3. The average molecular weight is 264 g/mol. The zero-order valence-corrected chi connectivity index (χ0v) is 12.0. The summed E-state index contributed by atoms with van der Waals surface area (Å²) in [5, 5.41) is 2.90. The molecule has 4 nitrogen and oxygen atoms in total. The van der Waals surface area contributed by atoms with E-state index in [4.69, 9.17) is 10.5 Å². The highest BCUT2D eigenvalue weighted by molar-refractivity contribution is 5.94. The first-order chi connectivity index (χ1) is 8.98. The van der Waals surface area contributed by atoms with Crippen LogP contribution in [0.4, 0.5) is 0 Å². The second-order valence-corrected chi connectivity index (χ2v) is 5.43. The van der Waals surface area contributed by atoms with Crippen LogP contribution in [-0.4, -0.2) is 25.6 Å². The predicted molar refractivity (Wildman–Crippen MR) is 77.4 cm³/mol. The quantitative estimate of drug-likeness (QED) is 0.793. The molecule has 0 unspecified atom stereocenters. The molecule has 0 aliphatic heterocycles. The van der Waals surface area contributed by atoms with Crippen LogP contribution in [0.3, 0.4) is 0 Å². The zero-order valence-electron chi connectivity index (χ0n) is 12.0. The lowest BCUT2D eigenvalue weighted by atomic mass is 9.94. The average Bonchev–Trinajstić information content (AvgIpc) is 2.43. The minimum Gasteiger partial charge on any atom is -0.494 e. The molecule has 1 rings (SSSR count). The Morgan fingerprint density at radius 3 is 2.79 bits per heavy atom. The van der Waals surface area contributed by atoms with Crippen molar-refractivity contribution < 1.29 is 9.53 Å². The molecule has 0 atom stereocenters. The highest BCUT2D eigenvalue weighted by Crippen LogP contribution is 2.15. The maximum absolute atomic E-state index is 12.0. The van der Waals surface area contributed by atoms with Crippen LogP contribution in [0, 0.1) is 5.41 Å². The van der Waals surface area contributed by atoms with E-state index in [1.54, 1.807) is 12.1 Å². The van der Waals surface area contributed by atoms with Crippen molar-refractivity contribution in [2.75, 3.05) is 19.7 Å². The van der Waals surface area contributed by atoms with Gasteiger partial charge in [0.25, 0.3) is 5.91 Å². The maximum Gasteiger partial charge on any atom is 0.251 e. The van der Waals surface area contributed by atoms with Gasteiger partial charge in [0.05, 0.1) is 6.61 Å². The van der Waals surface area contributed by atoms with Crippen molar-refractivity contribution in [3.8, 4) is 5.75 Å². The van der Waals surface area contributed by atoms with Gasteiger partial charge in [-0.25, -0.2) is 0 Å². The van der Waals surface area contributed by atoms with E-state index in [-0.39, 0.29) is 11.3 Å². The highest BCUT2D eigenvalue weighted by atomic mass is 16.5. The molecule has 0 bridgehead atoms. The smallest absolute Gasteiger partial charge is 0.251 e. The summed E-state index contributed by atoms with van der Waals surface area (Å²) in [6.07, 6.45) is 0.946. The molecule has 4 heteroatoms. The Bertz CT molecular complexity index is 416. The van der Waals surface area contributed by atoms with E-state index in [1.165, 1.54) is 0 Å². The number of ether oxygens (including phenoxy) is 1. The number of amides is 1. The van der Waals surface area contributed by atoms with Crippen molar-refractivity contribution in [3.05, 3.63) is 29.8 Å². The van der Waals surface area contributed by atoms with Gasteiger partial charge in [0.15, 0.2) is 0 Å². The molecule has 0 heterocycles. The Morgan fingerprint density at radius 1 is 1.42 bits per heavy atom. The predicted octanol–water partition coefficient (Wildman–Crippen LogP) is 2.19. The molecule has 19 heavy (non-hydrogen) atoms. The van der Waals surface area contributed by atoms with Gasteiger partial charge in [0.2, 0.25) is 0 Å². The van der Waals surface area contributed by atoms with Crippen LogP contribution in [0.2, 0.25) is 0 Å². The Balaban J connectivity index is 2.61. The third-order valence-corrected chi connectivity index (χ3v) is 2.85. The second-order valence-electron chi connectivity index (χ2n) is 5.43. The summed E-state index contributed by atoms with van der Waals surface area (Å²) >= 11 is 0. The van der Waals surface area contributed by atoms with Crippen molar-refractivity contribution >= 4 is 5.91 Å². The summed E-state index contributed by atoms with van der Waals surface area (Å²) < 4.78 is 5.51. The minimum absolute atomic E-state index is 0.0913. The molecule has 3 N–H and O–H groups in total. The summed E-state index contributed by atoms with van der Waals surface area (Å²) in [5.41, 5.74) is 6.16. The number of carbonyl (C=O) groups excluding carboxylic acids is 1. The first kappa shape index (κ1) is 15.5. The highest BCUT2D eigenvalue weighted by Gasteiger charge is 2.17. The fourth-order valence-electron chi connectivity index (χ4n) is 1.44. The summed E-state index contributed by atoms with van der Waals surface area (Å²) in [6.45, 7) is 7.84. The van der Waals surface area contributed by atoms with Gasteiger partial charge in [0.1, 0.15) is 5.75 Å². The third-order valence-electron chi connectivity index (χ3n) is 2.85. The van der Waals surface area contributed by atoms with Crippen molar-refractivity contribution in [2.24, 2.45) is 11.1 Å². The molecule has 0 fully saturated rings. The number of rotatable bonds is 7. The van der Waals surface area contributed by atoms with Crippen molar-refractivity contribution in [3.63, 3.8) is 0 Å². The number of hydrogen-bond donors (Lipinski definition) is 2. The molecule has 0 aliphatic rings. The number of nitrogens with two attached hydrogens (primary N) is 1. The van der Waals surface area contributed by atoms with E-state index < -0.39 is 0 Å². The molecule has 0 radical (unpaired) electrons. The molecule has 0 spiro atoms. The van der Waals surface area contributed by atoms with E-state index in [9.17, 15) is 4.79 Å². The molecule has 106 valence electrons. The molecule has 0 aromatic heterocycles. The second kappa shape index (κ2) is 7.14. The van der Waals surface area contributed by atoms with E-state index >= 15 is 0 Å². The first-order valence-corrected chi connectivity index (χ1v) is 6.69. The summed E-state index contributed by atoms with van der Waals surface area (Å²) in [7, 11) is 0. The van der Waals surface area contributed by atoms with Crippen LogP contribution < -0.4 is 15.8 Å². The number of carbonyl (C=O) groups is 1. The first-order valence-electron chi connectivity index (χ1n) is 6.69. The van der Waals surface area contributed by atoms with Crippen LogP contribution in [-0.2, 0) is 0 Å². The van der Waals surface area contributed by atoms with E-state index in [0.29, 0.717) is 25.3 Å². The maximum atomic E-state index is 12.0. The van der Waals surface area contributed by atoms with Gasteiger partial charge in [0, 0.05) is 12.1 Å². The third kappa shape index (κ3) is 5.30. The Kier molecular flexibility index (Phi) is 5.83. The van der Waals surface area contributed by atoms with E-state index in [1.807, 2.05) is 32.9 Å². The molecule has 1 amide bonds. The minimum atomic E-state index is -0.0940. The van der Waals surface area contributed by atoms with Gasteiger partial charge in [-0.1, -0.05) is 26.8 Å². The number of benzene rings is 1. The largest absolute Gasteiger partial charge is 0.494 e. The van der Waals surface area contributed by atoms with E-state index in [2.05, 4.69) is 5.32 Å². The molecule has 0 saturated carbocycles. The molecule has 0 aliphatic carbocycles. The standard InChI is InChI=1S/C15H24N2O2/c1-4-8-19-13-7-5-6-12(9-13)14(18)17-11-15(2,3)10-16/h5-7,9H,4,8,10-11,16H2,1-3H3,(H,17,18). The monoisotopic (exact) mass is 264 g/mol. The van der Waals surface area contributed by atoms with Gasteiger partial charge in [-0.2, -0.15) is 0 Å². The van der Waals surface area contributed by atoms with Crippen LogP contribution in [0.25, 0.3) is 0 Å². The van der Waals surface area contributed by atoms with Gasteiger partial charge < -0.3 is 15.8 Å². The summed E-state index contributed by atoms with van der Waals surface area (Å²) in [6, 6.07) is 7.23. The number of hydrogen-bond acceptors (Lipinski definition) is 3. The van der Waals surface area contributed by atoms with Gasteiger partial charge in [-0.05, 0) is 36.6 Å². The van der Waals surface area contributed by atoms with Gasteiger partial charge in [-0.3, -0.25) is 4.79 Å². The number of nitrogens with one attached hydrogen (secondary N) is 1. The molecular weight excluding hydrogens is 240 g/mol. The van der Waals surface area contributed by atoms with Crippen LogP contribution >= 0.6 is 0 Å². The molecule has 1 aromatic rings. The lowest BCUT2D eigenvalue weighted by molar-refractivity contribution is 0.0937. The van der Waals surface area contributed by atoms with Crippen molar-refractivity contribution in [1.29, 1.82) is 0 Å². The lowest BCUT2D eigenvalue weighted by Crippen LogP contribution is -2.38. The summed E-state index contributed by atoms with van der Waals surface area (Å²) in [4.78, 5) is 12.0. The Hall–Kier alpha value is -1.55. The van der Waals surface area contributed by atoms with Crippen molar-refractivity contribution in [1.82, 2.24) is 5.32 Å².